The summed E-state index contributed by atoms with van der Waals surface area (Å²) in [5.41, 5.74) is 2.24. The van der Waals surface area contributed by atoms with E-state index in [1.54, 1.807) is 0 Å². The van der Waals surface area contributed by atoms with Crippen molar-refractivity contribution in [3.63, 3.8) is 0 Å². The van der Waals surface area contributed by atoms with Crippen LogP contribution in [0.15, 0.2) is 48.5 Å². The summed E-state index contributed by atoms with van der Waals surface area (Å²) in [5, 5.41) is 4.99. The quantitative estimate of drug-likeness (QED) is 0.738. The number of nitrogens with one attached hydrogen (secondary N) is 2. The molecule has 0 bridgehead atoms. The van der Waals surface area contributed by atoms with Crippen LogP contribution in [0, 0.1) is 12.7 Å². The van der Waals surface area contributed by atoms with Crippen LogP contribution in [-0.2, 0) is 20.9 Å². The first-order chi connectivity index (χ1) is 12.5. The Morgan fingerprint density at radius 2 is 1.69 bits per heavy atom. The SMILES string of the molecule is Cc1ccccc1CNC(=O)COC(=O)CNC(=O)c1ccc(F)cc1. The maximum atomic E-state index is 12.8. The number of aryl methyl sites for hydroxylation is 1. The fourth-order valence-corrected chi connectivity index (χ4v) is 2.11. The minimum Gasteiger partial charge on any atom is -0.454 e. The Balaban J connectivity index is 1.68. The van der Waals surface area contributed by atoms with E-state index in [0.29, 0.717) is 6.54 Å². The molecule has 0 aliphatic heterocycles. The van der Waals surface area contributed by atoms with Gasteiger partial charge in [-0.25, -0.2) is 4.39 Å². The normalized spacial score (nSPS) is 10.1. The third kappa shape index (κ3) is 6.01. The molecule has 0 aliphatic carbocycles. The molecule has 0 fully saturated rings. The molecular formula is C19H19FN2O4. The van der Waals surface area contributed by atoms with E-state index in [-0.39, 0.29) is 12.1 Å². The van der Waals surface area contributed by atoms with Crippen LogP contribution in [0.2, 0.25) is 0 Å². The number of rotatable bonds is 7. The van der Waals surface area contributed by atoms with Gasteiger partial charge in [-0.1, -0.05) is 24.3 Å². The number of amides is 2. The molecule has 0 saturated heterocycles. The molecule has 26 heavy (non-hydrogen) atoms. The summed E-state index contributed by atoms with van der Waals surface area (Å²) in [5.74, 6) is -2.18. The van der Waals surface area contributed by atoms with Crippen LogP contribution >= 0.6 is 0 Å². The predicted molar refractivity (Wildman–Crippen MR) is 92.7 cm³/mol. The Bertz CT molecular complexity index is 790. The molecule has 0 heterocycles. The molecule has 0 atom stereocenters. The van der Waals surface area contributed by atoms with E-state index < -0.39 is 30.2 Å². The molecule has 136 valence electrons. The maximum absolute atomic E-state index is 12.8. The molecular weight excluding hydrogens is 339 g/mol. The second kappa shape index (κ2) is 9.31. The number of carbonyl (C=O) groups is 3. The summed E-state index contributed by atoms with van der Waals surface area (Å²) in [6.07, 6.45) is 0. The molecule has 2 aromatic rings. The van der Waals surface area contributed by atoms with Gasteiger partial charge in [-0.2, -0.15) is 0 Å². The van der Waals surface area contributed by atoms with E-state index in [1.807, 2.05) is 31.2 Å². The van der Waals surface area contributed by atoms with Gasteiger partial charge in [-0.05, 0) is 42.3 Å². The highest BCUT2D eigenvalue weighted by atomic mass is 19.1. The van der Waals surface area contributed by atoms with Crippen LogP contribution in [0.3, 0.4) is 0 Å². The average Bonchev–Trinajstić information content (AvgIpc) is 2.64. The molecule has 2 rings (SSSR count). The van der Waals surface area contributed by atoms with Gasteiger partial charge in [0.25, 0.3) is 11.8 Å². The zero-order valence-corrected chi connectivity index (χ0v) is 14.3. The number of carbonyl (C=O) groups excluding carboxylic acids is 3. The van der Waals surface area contributed by atoms with Crippen molar-refractivity contribution in [2.45, 2.75) is 13.5 Å². The van der Waals surface area contributed by atoms with Gasteiger partial charge < -0.3 is 15.4 Å². The summed E-state index contributed by atoms with van der Waals surface area (Å²) in [6.45, 7) is 1.45. The number of hydrogen-bond donors (Lipinski definition) is 2. The molecule has 0 aliphatic rings. The lowest BCUT2D eigenvalue weighted by molar-refractivity contribution is -0.147. The van der Waals surface area contributed by atoms with E-state index in [4.69, 9.17) is 4.74 Å². The van der Waals surface area contributed by atoms with Crippen LogP contribution in [0.25, 0.3) is 0 Å². The second-order valence-electron chi connectivity index (χ2n) is 5.55. The minimum absolute atomic E-state index is 0.218. The van der Waals surface area contributed by atoms with Crippen molar-refractivity contribution in [1.82, 2.24) is 10.6 Å². The van der Waals surface area contributed by atoms with Crippen LogP contribution in [-0.4, -0.2) is 30.9 Å². The van der Waals surface area contributed by atoms with Crippen LogP contribution in [0.1, 0.15) is 21.5 Å². The molecule has 2 N–H and O–H groups in total. The number of hydrogen-bond acceptors (Lipinski definition) is 4. The zero-order chi connectivity index (χ0) is 18.9. The first-order valence-corrected chi connectivity index (χ1v) is 7.96. The summed E-state index contributed by atoms with van der Waals surface area (Å²) >= 11 is 0. The fourth-order valence-electron chi connectivity index (χ4n) is 2.11. The Kier molecular flexibility index (Phi) is 6.84. The lowest BCUT2D eigenvalue weighted by atomic mass is 10.1. The van der Waals surface area contributed by atoms with Gasteiger partial charge in [-0.3, -0.25) is 14.4 Å². The van der Waals surface area contributed by atoms with Crippen molar-refractivity contribution < 1.29 is 23.5 Å². The van der Waals surface area contributed by atoms with E-state index in [2.05, 4.69) is 10.6 Å². The molecule has 0 saturated carbocycles. The van der Waals surface area contributed by atoms with Gasteiger partial charge in [-0.15, -0.1) is 0 Å². The number of benzene rings is 2. The molecule has 2 aromatic carbocycles. The standard InChI is InChI=1S/C19H19FN2O4/c1-13-4-2-3-5-15(13)10-21-17(23)12-26-18(24)11-22-19(25)14-6-8-16(20)9-7-14/h2-9H,10-12H2,1H3,(H,21,23)(H,22,25). The Morgan fingerprint density at radius 1 is 1.00 bits per heavy atom. The molecule has 2 amide bonds. The van der Waals surface area contributed by atoms with Crippen LogP contribution in [0.5, 0.6) is 0 Å². The molecule has 0 aromatic heterocycles. The zero-order valence-electron chi connectivity index (χ0n) is 14.3. The van der Waals surface area contributed by atoms with Gasteiger partial charge in [0.1, 0.15) is 12.4 Å². The van der Waals surface area contributed by atoms with Crippen LogP contribution < -0.4 is 10.6 Å². The molecule has 6 nitrogen and oxygen atoms in total. The Labute approximate surface area is 150 Å². The third-order valence-corrected chi connectivity index (χ3v) is 3.60. The molecule has 0 radical (unpaired) electrons. The Hall–Kier alpha value is -3.22. The van der Waals surface area contributed by atoms with Crippen molar-refractivity contribution in [3.05, 3.63) is 71.0 Å². The van der Waals surface area contributed by atoms with E-state index >= 15 is 0 Å². The molecule has 7 heteroatoms. The number of esters is 1. The summed E-state index contributed by atoms with van der Waals surface area (Å²) < 4.78 is 17.6. The predicted octanol–water partition coefficient (Wildman–Crippen LogP) is 1.72. The van der Waals surface area contributed by atoms with Crippen molar-refractivity contribution in [3.8, 4) is 0 Å². The smallest absolute Gasteiger partial charge is 0.325 e. The highest BCUT2D eigenvalue weighted by molar-refractivity contribution is 5.96. The van der Waals surface area contributed by atoms with Crippen molar-refractivity contribution in [1.29, 1.82) is 0 Å². The van der Waals surface area contributed by atoms with Gasteiger partial charge in [0.15, 0.2) is 6.61 Å². The lowest BCUT2D eigenvalue weighted by Crippen LogP contribution is -2.33. The molecule has 0 unspecified atom stereocenters. The summed E-state index contributed by atoms with van der Waals surface area (Å²) in [4.78, 5) is 35.1. The summed E-state index contributed by atoms with van der Waals surface area (Å²) in [6, 6.07) is 12.5. The second-order valence-corrected chi connectivity index (χ2v) is 5.55. The van der Waals surface area contributed by atoms with Crippen LogP contribution in [0.4, 0.5) is 4.39 Å². The van der Waals surface area contributed by atoms with Gasteiger partial charge in [0.05, 0.1) is 0 Å². The number of ether oxygens (including phenoxy) is 1. The van der Waals surface area contributed by atoms with Crippen molar-refractivity contribution in [2.24, 2.45) is 0 Å². The third-order valence-electron chi connectivity index (χ3n) is 3.60. The topological polar surface area (TPSA) is 84.5 Å². The molecule has 0 spiro atoms. The maximum Gasteiger partial charge on any atom is 0.325 e. The fraction of sp³-hybridized carbons (Fsp3) is 0.211. The van der Waals surface area contributed by atoms with E-state index in [9.17, 15) is 18.8 Å². The first-order valence-electron chi connectivity index (χ1n) is 7.96. The van der Waals surface area contributed by atoms with Gasteiger partial charge in [0.2, 0.25) is 0 Å². The Morgan fingerprint density at radius 3 is 2.38 bits per heavy atom. The van der Waals surface area contributed by atoms with Crippen molar-refractivity contribution >= 4 is 17.8 Å². The number of halogens is 1. The van der Waals surface area contributed by atoms with Crippen molar-refractivity contribution in [2.75, 3.05) is 13.2 Å². The van der Waals surface area contributed by atoms with E-state index in [0.717, 1.165) is 23.3 Å². The largest absolute Gasteiger partial charge is 0.454 e. The first kappa shape index (κ1) is 19.1. The lowest BCUT2D eigenvalue weighted by Gasteiger charge is -2.09. The van der Waals surface area contributed by atoms with Gasteiger partial charge >= 0.3 is 5.97 Å². The average molecular weight is 358 g/mol. The van der Waals surface area contributed by atoms with Gasteiger partial charge in [0, 0.05) is 12.1 Å². The monoisotopic (exact) mass is 358 g/mol. The highest BCUT2D eigenvalue weighted by Gasteiger charge is 2.11. The highest BCUT2D eigenvalue weighted by Crippen LogP contribution is 2.06. The van der Waals surface area contributed by atoms with E-state index in [1.165, 1.54) is 12.1 Å². The minimum atomic E-state index is -0.744. The summed E-state index contributed by atoms with van der Waals surface area (Å²) in [7, 11) is 0.